The first kappa shape index (κ1) is 64.5. The number of rotatable bonds is 14. The van der Waals surface area contributed by atoms with Crippen molar-refractivity contribution >= 4 is 99.3 Å². The van der Waals surface area contributed by atoms with Crippen LogP contribution in [0.5, 0.6) is 0 Å². The van der Waals surface area contributed by atoms with E-state index in [0.717, 1.165) is 32.4 Å². The Morgan fingerprint density at radius 2 is 0.895 bits per heavy atom. The van der Waals surface area contributed by atoms with Crippen molar-refractivity contribution in [3.8, 4) is 0 Å². The van der Waals surface area contributed by atoms with Crippen molar-refractivity contribution in [2.75, 3.05) is 32.2 Å². The van der Waals surface area contributed by atoms with Crippen LogP contribution in [0.2, 0.25) is 0 Å². The maximum absolute atomic E-state index is 12.8. The number of hydrogen-bond donors (Lipinski definition) is 5. The van der Waals surface area contributed by atoms with Crippen LogP contribution in [-0.4, -0.2) is 80.8 Å². The Morgan fingerprint density at radius 3 is 1.40 bits per heavy atom. The molecule has 1 saturated carbocycles. The number of ketones is 1. The highest BCUT2D eigenvalue weighted by molar-refractivity contribution is 14.1. The number of nitrogens with zero attached hydrogens (tertiary/aromatic N) is 6. The van der Waals surface area contributed by atoms with Gasteiger partial charge in [0.05, 0.1) is 64.1 Å². The molecule has 1 aliphatic carbocycles. The van der Waals surface area contributed by atoms with Gasteiger partial charge >= 0.3 is 5.63 Å². The Labute approximate surface area is 503 Å². The highest BCUT2D eigenvalue weighted by atomic mass is 127. The summed E-state index contributed by atoms with van der Waals surface area (Å²) < 4.78 is 11.5. The Bertz CT molecular complexity index is 4260. The Hall–Kier alpha value is -9.01. The number of hydrogen-bond acceptors (Lipinski definition) is 16. The minimum absolute atomic E-state index is 0.0185. The Balaban J connectivity index is 0.000000157. The van der Waals surface area contributed by atoms with Gasteiger partial charge in [-0.1, -0.05) is 74.9 Å². The summed E-state index contributed by atoms with van der Waals surface area (Å²) >= 11 is 2.21. The molecular weight excluding hydrogens is 1220 g/mol. The maximum atomic E-state index is 12.8. The van der Waals surface area contributed by atoms with Gasteiger partial charge in [0.25, 0.3) is 33.6 Å². The molecule has 1 fully saturated rings. The van der Waals surface area contributed by atoms with Gasteiger partial charge in [-0.05, 0) is 113 Å². The fourth-order valence-electron chi connectivity index (χ4n) is 10.2. The van der Waals surface area contributed by atoms with Gasteiger partial charge in [0, 0.05) is 111 Å². The molecule has 5 aromatic carbocycles. The van der Waals surface area contributed by atoms with E-state index in [-0.39, 0.29) is 89.7 Å². The zero-order chi connectivity index (χ0) is 61.9. The standard InChI is InChI=1S/C21H27NO3.C11H10INO2.C11H10N2O4.C11H12N2O2.C9H5NO4/c23-15-14-22-13-12-17-18(8-5-9-19(17)21(22)25)20(24)11-10-16-6-3-1-2-4-7-16;12-10-3-1-2-9-8(10)4-5-13(6-7-14)11(9)15;14-7-6-12-5-4-8-9(11(12)15)2-1-3-10(8)13(16)17;12-10-3-1-2-9-8(10)4-5-13(6-7-14)11(9)15;11-9-7-2-1-3-8(10(12)13)6(7)4-5-14-9/h5,8-9,12-13,16,23H,1-4,6-7,10-11,14-15H2;1-5,14H,6-7H2;1-5,14H,6-7H2;1-5,14H,6-7,12H2;1-5H. The minimum atomic E-state index is -0.564. The number of halogens is 1. The van der Waals surface area contributed by atoms with E-state index in [0.29, 0.717) is 63.6 Å². The van der Waals surface area contributed by atoms with Crippen molar-refractivity contribution < 1.29 is 39.5 Å². The van der Waals surface area contributed by atoms with Gasteiger partial charge in [-0.3, -0.25) is 44.2 Å². The molecule has 6 N–H and O–H groups in total. The highest BCUT2D eigenvalue weighted by Gasteiger charge is 2.18. The van der Waals surface area contributed by atoms with E-state index in [1.165, 1.54) is 105 Å². The van der Waals surface area contributed by atoms with E-state index in [4.69, 9.17) is 26.2 Å². The highest BCUT2D eigenvalue weighted by Crippen LogP contribution is 2.29. The number of anilines is 1. The number of carbonyl (C=O) groups excluding carboxylic acids is 1. The second-order valence-corrected chi connectivity index (χ2v) is 21.1. The first-order valence-corrected chi connectivity index (χ1v) is 28.8. The third-order valence-electron chi connectivity index (χ3n) is 14.6. The molecule has 10 aromatic rings. The number of carbonyl (C=O) groups is 1. The topological polar surface area (TPSA) is 328 Å². The number of nitro groups is 2. The lowest BCUT2D eigenvalue weighted by Crippen LogP contribution is -2.21. The molecule has 0 unspecified atom stereocenters. The van der Waals surface area contributed by atoms with Crippen molar-refractivity contribution in [2.45, 2.75) is 77.5 Å². The number of nitrogen functional groups attached to an aromatic ring is 1. The summed E-state index contributed by atoms with van der Waals surface area (Å²) in [5.74, 6) is 0.803. The van der Waals surface area contributed by atoms with Gasteiger partial charge < -0.3 is 48.8 Å². The van der Waals surface area contributed by atoms with Crippen LogP contribution >= 0.6 is 22.6 Å². The summed E-state index contributed by atoms with van der Waals surface area (Å²) in [6.45, 7) is 0.810. The van der Waals surface area contributed by atoms with Gasteiger partial charge in [-0.25, -0.2) is 4.79 Å². The molecule has 86 heavy (non-hydrogen) atoms. The number of nitrogens with two attached hydrogens (primary N) is 1. The summed E-state index contributed by atoms with van der Waals surface area (Å²) in [6, 6.07) is 33.4. The van der Waals surface area contributed by atoms with Crippen LogP contribution in [0.25, 0.3) is 53.9 Å². The average molecular weight is 1290 g/mol. The number of benzene rings is 5. The van der Waals surface area contributed by atoms with Gasteiger partial charge in [-0.2, -0.15) is 0 Å². The van der Waals surface area contributed by atoms with E-state index in [1.807, 2.05) is 36.4 Å². The zero-order valence-electron chi connectivity index (χ0n) is 46.7. The van der Waals surface area contributed by atoms with E-state index in [1.54, 1.807) is 61.1 Å². The molecule has 0 saturated heterocycles. The monoisotopic (exact) mass is 1290 g/mol. The molecule has 22 nitrogen and oxygen atoms in total. The normalized spacial score (nSPS) is 12.2. The molecule has 0 spiro atoms. The molecule has 0 aliphatic heterocycles. The van der Waals surface area contributed by atoms with Crippen LogP contribution in [0.1, 0.15) is 61.7 Å². The van der Waals surface area contributed by atoms with E-state index in [9.17, 15) is 49.0 Å². The molecule has 5 heterocycles. The molecule has 1 aliphatic rings. The molecule has 23 heteroatoms. The summed E-state index contributed by atoms with van der Waals surface area (Å²) in [4.78, 5) is 92.5. The van der Waals surface area contributed by atoms with Gasteiger partial charge in [0.2, 0.25) is 0 Å². The van der Waals surface area contributed by atoms with Crippen molar-refractivity contribution in [1.82, 2.24) is 18.3 Å². The summed E-state index contributed by atoms with van der Waals surface area (Å²) in [5, 5.41) is 62.3. The number of aliphatic hydroxyl groups is 4. The van der Waals surface area contributed by atoms with Crippen molar-refractivity contribution in [2.24, 2.45) is 5.92 Å². The number of non-ortho nitro benzene ring substituents is 2. The molecule has 0 atom stereocenters. The lowest BCUT2D eigenvalue weighted by atomic mass is 9.91. The lowest BCUT2D eigenvalue weighted by molar-refractivity contribution is -0.383. The predicted octanol–water partition coefficient (Wildman–Crippen LogP) is 8.70. The second-order valence-electron chi connectivity index (χ2n) is 19.9. The van der Waals surface area contributed by atoms with Gasteiger partial charge in [0.15, 0.2) is 5.78 Å². The van der Waals surface area contributed by atoms with Crippen molar-refractivity contribution in [1.29, 1.82) is 0 Å². The van der Waals surface area contributed by atoms with Crippen LogP contribution in [0.4, 0.5) is 17.1 Å². The molecule has 0 amide bonds. The van der Waals surface area contributed by atoms with Crippen molar-refractivity contribution in [3.05, 3.63) is 234 Å². The summed E-state index contributed by atoms with van der Waals surface area (Å²) in [7, 11) is 0. The summed E-state index contributed by atoms with van der Waals surface area (Å²) in [6.07, 6.45) is 16.9. The fraction of sp³-hybridized carbons (Fsp3) is 0.270. The summed E-state index contributed by atoms with van der Waals surface area (Å²) in [5.41, 5.74) is 5.62. The molecule has 0 bridgehead atoms. The van der Waals surface area contributed by atoms with Gasteiger partial charge in [0.1, 0.15) is 0 Å². The van der Waals surface area contributed by atoms with Crippen LogP contribution < -0.4 is 33.6 Å². The van der Waals surface area contributed by atoms with E-state index < -0.39 is 15.5 Å². The first-order valence-electron chi connectivity index (χ1n) is 27.7. The van der Waals surface area contributed by atoms with E-state index >= 15 is 0 Å². The van der Waals surface area contributed by atoms with Crippen LogP contribution in [-0.2, 0) is 26.2 Å². The first-order chi connectivity index (χ1) is 41.5. The molecule has 5 aromatic heterocycles. The third kappa shape index (κ3) is 15.8. The van der Waals surface area contributed by atoms with Crippen molar-refractivity contribution in [3.63, 3.8) is 0 Å². The van der Waals surface area contributed by atoms with Crippen LogP contribution in [0.3, 0.4) is 0 Å². The Kier molecular flexibility index (Phi) is 23.4. The maximum Gasteiger partial charge on any atom is 0.343 e. The third-order valence-corrected chi connectivity index (χ3v) is 15.5. The number of aliphatic hydroxyl groups excluding tert-OH is 4. The van der Waals surface area contributed by atoms with Crippen LogP contribution in [0, 0.1) is 29.7 Å². The number of nitro benzene ring substituents is 2. The quantitative estimate of drug-likeness (QED) is 0.0170. The zero-order valence-corrected chi connectivity index (χ0v) is 48.9. The number of fused-ring (bicyclic) bond motifs is 5. The number of Topliss-reactive ketones (excluding diaryl/α,β-unsaturated/α-hetero) is 1. The average Bonchev–Trinajstić information content (AvgIpc) is 1.46. The molecule has 0 radical (unpaired) electrons. The Morgan fingerprint density at radius 1 is 0.500 bits per heavy atom. The SMILES string of the molecule is Nc1cccc2c(=O)n(CCO)ccc12.O=C(CCC1CCCCCC1)c1cccc2c(=O)n(CCO)ccc12.O=c1c2cccc(I)c2ccn1CCO.O=c1c2cccc([N+](=O)[O-])c2ccn1CCO.O=c1occc2c([N+](=O)[O-])cccc12. The van der Waals surface area contributed by atoms with Crippen LogP contribution in [0.15, 0.2) is 181 Å². The second kappa shape index (κ2) is 31.2. The molecule has 448 valence electrons. The lowest BCUT2D eigenvalue weighted by Gasteiger charge is -2.14. The molecule has 11 rings (SSSR count). The smallest absolute Gasteiger partial charge is 0.343 e. The largest absolute Gasteiger partial charge is 0.431 e. The van der Waals surface area contributed by atoms with E-state index in [2.05, 4.69) is 27.0 Å². The minimum Gasteiger partial charge on any atom is -0.431 e. The number of aromatic nitrogens is 4. The van der Waals surface area contributed by atoms with Gasteiger partial charge in [-0.15, -0.1) is 0 Å². The number of pyridine rings is 4. The fourth-order valence-corrected chi connectivity index (χ4v) is 10.9. The molecular formula is C63H64IN7O15. The predicted molar refractivity (Wildman–Crippen MR) is 339 cm³/mol.